The van der Waals surface area contributed by atoms with Crippen LogP contribution in [0.3, 0.4) is 0 Å². The number of nitrogens with zero attached hydrogens (tertiary/aromatic N) is 1. The molecule has 1 aliphatic carbocycles. The second-order valence-electron chi connectivity index (χ2n) is 3.95. The van der Waals surface area contributed by atoms with Gasteiger partial charge in [-0.15, -0.1) is 0 Å². The van der Waals surface area contributed by atoms with E-state index in [0.717, 1.165) is 18.4 Å². The third-order valence-corrected chi connectivity index (χ3v) is 3.13. The molecule has 16 heavy (non-hydrogen) atoms. The molecule has 0 spiro atoms. The zero-order valence-electron chi connectivity index (χ0n) is 16.5. The van der Waals surface area contributed by atoms with Gasteiger partial charge in [0.15, 0.2) is 0 Å². The zero-order valence-corrected chi connectivity index (χ0v) is 10.1. The van der Waals surface area contributed by atoms with Gasteiger partial charge >= 0.3 is 0 Å². The molecule has 1 N–H and O–H groups in total. The van der Waals surface area contributed by atoms with Crippen LogP contribution in [0.2, 0.25) is 0 Å². The van der Waals surface area contributed by atoms with Gasteiger partial charge in [-0.1, -0.05) is 15.9 Å². The van der Waals surface area contributed by atoms with E-state index >= 15 is 0 Å². The van der Waals surface area contributed by atoms with Gasteiger partial charge in [-0.25, -0.2) is 0 Å². The van der Waals surface area contributed by atoms with Crippen molar-refractivity contribution in [2.75, 3.05) is 30.9 Å². The van der Waals surface area contributed by atoms with E-state index in [4.69, 9.17) is 11.0 Å². The van der Waals surface area contributed by atoms with Gasteiger partial charge in [-0.05, 0) is 42.5 Å². The zero-order chi connectivity index (χ0) is 18.1. The van der Waals surface area contributed by atoms with Gasteiger partial charge < -0.3 is 10.2 Å². The molecule has 1 heterocycles. The number of hydrogen-bond acceptors (Lipinski definition) is 2. The summed E-state index contributed by atoms with van der Waals surface area (Å²) in [5.41, 5.74) is 1.01. The highest BCUT2D eigenvalue weighted by Gasteiger charge is 2.24. The Bertz CT molecular complexity index is 648. The Morgan fingerprint density at radius 2 is 2.00 bits per heavy atom. The highest BCUT2D eigenvalue weighted by molar-refractivity contribution is 9.10. The Morgan fingerprint density at radius 3 is 2.69 bits per heavy atom. The molecule has 0 atom stereocenters. The number of anilines is 1. The number of halogens is 1. The summed E-state index contributed by atoms with van der Waals surface area (Å²) in [6, 6.07) is 4.98. The molecule has 3 heteroatoms. The minimum absolute atomic E-state index is 0.107. The van der Waals surface area contributed by atoms with E-state index in [1.165, 1.54) is 6.07 Å². The predicted octanol–water partition coefficient (Wildman–Crippen LogP) is 2.74. The third kappa shape index (κ3) is 2.25. The van der Waals surface area contributed by atoms with Gasteiger partial charge in [-0.3, -0.25) is 0 Å². The van der Waals surface area contributed by atoms with E-state index in [9.17, 15) is 0 Å². The standard InChI is InChI=1S/C13H17BrN2/c14-12-7-11(10-1-2-10)8-13(9-12)16-5-3-15-4-6-16/h7-10,15H,1-6H2/i3D2,4D2,5D2,6D2. The van der Waals surface area contributed by atoms with Crippen molar-refractivity contribution in [3.8, 4) is 0 Å². The summed E-state index contributed by atoms with van der Waals surface area (Å²) in [6.45, 7) is -11.2. The maximum absolute atomic E-state index is 8.15. The molecule has 0 amide bonds. The Labute approximate surface area is 116 Å². The summed E-state index contributed by atoms with van der Waals surface area (Å²) in [5, 5.41) is 1.84. The number of hydrogen-bond donors (Lipinski definition) is 1. The number of piperazine rings is 1. The fraction of sp³-hybridized carbons (Fsp3) is 0.538. The number of nitrogens with one attached hydrogen (secondary N) is 1. The lowest BCUT2D eigenvalue weighted by atomic mass is 10.1. The smallest absolute Gasteiger partial charge is 0.0506 e. The lowest BCUT2D eigenvalue weighted by Crippen LogP contribution is -2.43. The maximum atomic E-state index is 8.15. The monoisotopic (exact) mass is 288 g/mol. The van der Waals surface area contributed by atoms with Crippen LogP contribution < -0.4 is 10.2 Å². The maximum Gasteiger partial charge on any atom is 0.0506 e. The average Bonchev–Trinajstić information content (AvgIpc) is 3.18. The highest BCUT2D eigenvalue weighted by Crippen LogP contribution is 2.42. The molecule has 1 aromatic carbocycles. The van der Waals surface area contributed by atoms with Gasteiger partial charge in [0.1, 0.15) is 0 Å². The number of rotatable bonds is 2. The molecule has 2 nitrogen and oxygen atoms in total. The van der Waals surface area contributed by atoms with Crippen molar-refractivity contribution in [1.82, 2.24) is 5.32 Å². The average molecular weight is 289 g/mol. The van der Waals surface area contributed by atoms with Crippen molar-refractivity contribution in [1.29, 1.82) is 0 Å². The molecule has 1 saturated heterocycles. The summed E-state index contributed by atoms with van der Waals surface area (Å²) in [7, 11) is 0. The van der Waals surface area contributed by atoms with Crippen LogP contribution in [0.5, 0.6) is 0 Å². The first-order valence-corrected chi connectivity index (χ1v) is 5.99. The topological polar surface area (TPSA) is 15.3 Å². The van der Waals surface area contributed by atoms with Crippen LogP contribution >= 0.6 is 15.9 Å². The van der Waals surface area contributed by atoms with Crippen molar-refractivity contribution in [3.63, 3.8) is 0 Å². The summed E-state index contributed by atoms with van der Waals surface area (Å²) < 4.78 is 64.7. The molecule has 1 aliphatic heterocycles. The van der Waals surface area contributed by atoms with Crippen LogP contribution in [0.1, 0.15) is 35.3 Å². The number of benzene rings is 1. The van der Waals surface area contributed by atoms with Gasteiger partial charge in [0.2, 0.25) is 0 Å². The third-order valence-electron chi connectivity index (χ3n) is 2.67. The predicted molar refractivity (Wildman–Crippen MR) is 71.2 cm³/mol. The van der Waals surface area contributed by atoms with Gasteiger partial charge in [-0.2, -0.15) is 0 Å². The van der Waals surface area contributed by atoms with E-state index in [1.807, 2.05) is 11.4 Å². The molecule has 1 aromatic rings. The quantitative estimate of drug-likeness (QED) is 0.900. The SMILES string of the molecule is [2H]C1([2H])NC([2H])([2H])C([2H])([2H])N(c2cc(Br)cc(C3CC3)c2)C1([2H])[2H]. The lowest BCUT2D eigenvalue weighted by molar-refractivity contribution is 0.589. The van der Waals surface area contributed by atoms with Crippen LogP contribution in [0.4, 0.5) is 5.69 Å². The van der Waals surface area contributed by atoms with Gasteiger partial charge in [0.25, 0.3) is 0 Å². The van der Waals surface area contributed by atoms with Gasteiger partial charge in [0.05, 0.1) is 5.48 Å². The van der Waals surface area contributed by atoms with Crippen LogP contribution in [-0.2, 0) is 0 Å². The Kier molecular flexibility index (Phi) is 1.36. The summed E-state index contributed by atoms with van der Waals surface area (Å²) >= 11 is 3.33. The molecule has 86 valence electrons. The minimum atomic E-state index is -2.80. The van der Waals surface area contributed by atoms with E-state index < -0.39 is 26.0 Å². The fourth-order valence-corrected chi connectivity index (χ4v) is 2.23. The second-order valence-corrected chi connectivity index (χ2v) is 4.87. The normalized spacial score (nSPS) is 41.2. The van der Waals surface area contributed by atoms with Crippen molar-refractivity contribution in [2.45, 2.75) is 18.8 Å². The Morgan fingerprint density at radius 1 is 1.25 bits per heavy atom. The molecular formula is C13H17BrN2. The highest BCUT2D eigenvalue weighted by atomic mass is 79.9. The molecule has 2 aliphatic rings. The van der Waals surface area contributed by atoms with Crippen LogP contribution in [0.15, 0.2) is 22.7 Å². The molecule has 2 fully saturated rings. The fourth-order valence-electron chi connectivity index (χ4n) is 1.73. The van der Waals surface area contributed by atoms with Crippen LogP contribution in [-0.4, -0.2) is 26.0 Å². The van der Waals surface area contributed by atoms with Crippen molar-refractivity contribution in [2.24, 2.45) is 0 Å². The molecule has 1 saturated carbocycles. The summed E-state index contributed by atoms with van der Waals surface area (Å²) in [4.78, 5) is 0.577. The molecule has 3 rings (SSSR count). The van der Waals surface area contributed by atoms with E-state index in [0.29, 0.717) is 15.3 Å². The molecule has 0 bridgehead atoms. The van der Waals surface area contributed by atoms with E-state index in [2.05, 4.69) is 15.9 Å². The van der Waals surface area contributed by atoms with Crippen molar-refractivity contribution < 1.29 is 11.0 Å². The summed E-state index contributed by atoms with van der Waals surface area (Å²) in [5.74, 6) is 0.328. The lowest BCUT2D eigenvalue weighted by Gasteiger charge is -2.30. The van der Waals surface area contributed by atoms with Crippen LogP contribution in [0, 0.1) is 0 Å². The molecule has 0 radical (unpaired) electrons. The minimum Gasteiger partial charge on any atom is -0.369 e. The largest absolute Gasteiger partial charge is 0.369 e. The van der Waals surface area contributed by atoms with Crippen molar-refractivity contribution in [3.05, 3.63) is 28.2 Å². The Balaban J connectivity index is 2.18. The van der Waals surface area contributed by atoms with Gasteiger partial charge in [0, 0.05) is 41.6 Å². The molecule has 0 unspecified atom stereocenters. The van der Waals surface area contributed by atoms with Crippen LogP contribution in [0.25, 0.3) is 0 Å². The van der Waals surface area contributed by atoms with E-state index in [1.54, 1.807) is 6.07 Å². The first kappa shape index (κ1) is 4.99. The second kappa shape index (κ2) is 4.38. The first-order valence-electron chi connectivity index (χ1n) is 9.20. The summed E-state index contributed by atoms with van der Waals surface area (Å²) in [6.07, 6.45) is 2.00. The molecular weight excluding hydrogens is 264 g/mol. The Hall–Kier alpha value is -0.540. The molecule has 0 aromatic heterocycles. The van der Waals surface area contributed by atoms with E-state index in [-0.39, 0.29) is 5.69 Å². The first-order chi connectivity index (χ1) is 10.8. The van der Waals surface area contributed by atoms with Crippen molar-refractivity contribution >= 4 is 21.6 Å².